The van der Waals surface area contributed by atoms with Crippen LogP contribution in [-0.2, 0) is 9.53 Å². The first-order valence-electron chi connectivity index (χ1n) is 6.56. The molecule has 0 aromatic carbocycles. The summed E-state index contributed by atoms with van der Waals surface area (Å²) in [5, 5.41) is 8.86. The van der Waals surface area contributed by atoms with E-state index in [4.69, 9.17) is 9.84 Å². The molecule has 0 aromatic heterocycles. The van der Waals surface area contributed by atoms with Crippen molar-refractivity contribution in [1.82, 2.24) is 4.90 Å². The average Bonchev–Trinajstić information content (AvgIpc) is 2.56. The van der Waals surface area contributed by atoms with E-state index in [-0.39, 0.29) is 11.6 Å². The molecule has 1 N–H and O–H groups in total. The summed E-state index contributed by atoms with van der Waals surface area (Å²) in [4.78, 5) is 13.0. The maximum Gasteiger partial charge on any atom is 0.306 e. The van der Waals surface area contributed by atoms with Gasteiger partial charge in [0.25, 0.3) is 0 Å². The lowest BCUT2D eigenvalue weighted by molar-refractivity contribution is -0.184. The molecule has 0 aromatic rings. The minimum atomic E-state index is -0.689. The summed E-state index contributed by atoms with van der Waals surface area (Å²) in [6.45, 7) is 9.09. The van der Waals surface area contributed by atoms with Gasteiger partial charge in [-0.2, -0.15) is 0 Å². The zero-order chi connectivity index (χ0) is 13.2. The lowest BCUT2D eigenvalue weighted by atomic mass is 9.75. The molecule has 1 saturated carbocycles. The maximum absolute atomic E-state index is 10.8. The molecular weight excluding hydrogens is 218 g/mol. The van der Waals surface area contributed by atoms with Crippen molar-refractivity contribution in [2.45, 2.75) is 52.3 Å². The second kappa shape index (κ2) is 5.36. The Morgan fingerprint density at radius 3 is 2.29 bits per heavy atom. The molecule has 1 aliphatic carbocycles. The monoisotopic (exact) mass is 243 g/mol. The molecule has 4 heteroatoms. The molecule has 0 amide bonds. The Morgan fingerprint density at radius 2 is 1.94 bits per heavy atom. The Kier molecular flexibility index (Phi) is 4.55. The second-order valence-electron chi connectivity index (χ2n) is 5.12. The fraction of sp³-hybridized carbons (Fsp3) is 0.923. The van der Waals surface area contributed by atoms with Crippen molar-refractivity contribution < 1.29 is 14.6 Å². The van der Waals surface area contributed by atoms with Gasteiger partial charge in [-0.25, -0.2) is 0 Å². The van der Waals surface area contributed by atoms with Crippen molar-refractivity contribution in [3.8, 4) is 0 Å². The Bertz CT molecular complexity index is 272. The zero-order valence-electron chi connectivity index (χ0n) is 11.6. The first kappa shape index (κ1) is 14.5. The molecule has 1 spiro atoms. The van der Waals surface area contributed by atoms with Crippen molar-refractivity contribution in [2.24, 2.45) is 11.8 Å². The van der Waals surface area contributed by atoms with Crippen LogP contribution in [0.25, 0.3) is 0 Å². The van der Waals surface area contributed by atoms with Gasteiger partial charge in [-0.1, -0.05) is 27.7 Å². The minimum absolute atomic E-state index is 0.210. The number of carboxylic acids is 1. The molecule has 1 heterocycles. The van der Waals surface area contributed by atoms with E-state index in [0.29, 0.717) is 24.8 Å². The second-order valence-corrected chi connectivity index (χ2v) is 5.12. The van der Waals surface area contributed by atoms with E-state index in [9.17, 15) is 4.79 Å². The SMILES string of the molecule is CC.CC(C)C1COC2(CC(C(=O)O)C2)N1C. The molecular formula is C13H25NO3. The summed E-state index contributed by atoms with van der Waals surface area (Å²) in [6, 6.07) is 0.430. The number of carbonyl (C=O) groups is 1. The quantitative estimate of drug-likeness (QED) is 0.807. The fourth-order valence-electron chi connectivity index (χ4n) is 2.69. The van der Waals surface area contributed by atoms with E-state index < -0.39 is 5.97 Å². The number of hydrogen-bond donors (Lipinski definition) is 1. The Morgan fingerprint density at radius 1 is 1.41 bits per heavy atom. The van der Waals surface area contributed by atoms with Crippen LogP contribution in [0.15, 0.2) is 0 Å². The van der Waals surface area contributed by atoms with Gasteiger partial charge in [0, 0.05) is 18.9 Å². The molecule has 1 atom stereocenters. The van der Waals surface area contributed by atoms with E-state index in [1.165, 1.54) is 0 Å². The van der Waals surface area contributed by atoms with Crippen LogP contribution in [0.1, 0.15) is 40.5 Å². The number of rotatable bonds is 2. The Balaban J connectivity index is 0.000000686. The van der Waals surface area contributed by atoms with Gasteiger partial charge >= 0.3 is 5.97 Å². The van der Waals surface area contributed by atoms with E-state index in [1.54, 1.807) is 0 Å². The highest BCUT2D eigenvalue weighted by atomic mass is 16.5. The molecule has 2 aliphatic rings. The van der Waals surface area contributed by atoms with Gasteiger partial charge in [0.15, 0.2) is 0 Å². The number of nitrogens with zero attached hydrogens (tertiary/aromatic N) is 1. The normalized spacial score (nSPS) is 36.6. The summed E-state index contributed by atoms with van der Waals surface area (Å²) >= 11 is 0. The molecule has 0 bridgehead atoms. The van der Waals surface area contributed by atoms with Crippen molar-refractivity contribution in [1.29, 1.82) is 0 Å². The minimum Gasteiger partial charge on any atom is -0.481 e. The molecule has 1 unspecified atom stereocenters. The summed E-state index contributed by atoms with van der Waals surface area (Å²) in [5.41, 5.74) is -0.266. The topological polar surface area (TPSA) is 49.8 Å². The molecule has 0 radical (unpaired) electrons. The largest absolute Gasteiger partial charge is 0.481 e. The molecule has 1 aliphatic heterocycles. The molecule has 4 nitrogen and oxygen atoms in total. The van der Waals surface area contributed by atoms with Crippen LogP contribution in [0.5, 0.6) is 0 Å². The number of likely N-dealkylation sites (N-methyl/N-ethyl adjacent to an activating group) is 1. The zero-order valence-corrected chi connectivity index (χ0v) is 11.6. The van der Waals surface area contributed by atoms with Crippen LogP contribution < -0.4 is 0 Å². The lowest BCUT2D eigenvalue weighted by Gasteiger charge is -2.47. The standard InChI is InChI=1S/C11H19NO3.C2H6/c1-7(2)9-6-15-11(12(9)3)4-8(5-11)10(13)14;1-2/h7-9H,4-6H2,1-3H3,(H,13,14);1-2H3. The Labute approximate surface area is 104 Å². The third kappa shape index (κ3) is 2.47. The summed E-state index contributed by atoms with van der Waals surface area (Å²) in [6.07, 6.45) is 1.28. The molecule has 17 heavy (non-hydrogen) atoms. The predicted molar refractivity (Wildman–Crippen MR) is 66.8 cm³/mol. The van der Waals surface area contributed by atoms with Gasteiger partial charge in [-0.3, -0.25) is 9.69 Å². The molecule has 100 valence electrons. The first-order valence-corrected chi connectivity index (χ1v) is 6.56. The average molecular weight is 243 g/mol. The number of carboxylic acid groups (broad SMARTS) is 1. The van der Waals surface area contributed by atoms with Gasteiger partial charge in [-0.05, 0) is 13.0 Å². The highest BCUT2D eigenvalue weighted by Crippen LogP contribution is 2.47. The number of hydrogen-bond acceptors (Lipinski definition) is 3. The van der Waals surface area contributed by atoms with Crippen LogP contribution in [0.4, 0.5) is 0 Å². The third-order valence-corrected chi connectivity index (χ3v) is 3.91. The summed E-state index contributed by atoms with van der Waals surface area (Å²) in [7, 11) is 2.05. The van der Waals surface area contributed by atoms with Crippen molar-refractivity contribution >= 4 is 5.97 Å². The lowest BCUT2D eigenvalue weighted by Crippen LogP contribution is -2.57. The van der Waals surface area contributed by atoms with Crippen LogP contribution >= 0.6 is 0 Å². The maximum atomic E-state index is 10.8. The van der Waals surface area contributed by atoms with E-state index in [0.717, 1.165) is 6.61 Å². The molecule has 2 rings (SSSR count). The highest BCUT2D eigenvalue weighted by molar-refractivity contribution is 5.71. The van der Waals surface area contributed by atoms with E-state index >= 15 is 0 Å². The Hall–Kier alpha value is -0.610. The van der Waals surface area contributed by atoms with Gasteiger partial charge in [0.05, 0.1) is 12.5 Å². The molecule has 1 saturated heterocycles. The number of ether oxygens (including phenoxy) is 1. The van der Waals surface area contributed by atoms with Crippen LogP contribution in [0.2, 0.25) is 0 Å². The van der Waals surface area contributed by atoms with Crippen molar-refractivity contribution in [3.05, 3.63) is 0 Å². The van der Waals surface area contributed by atoms with Gasteiger partial charge in [0.2, 0.25) is 0 Å². The van der Waals surface area contributed by atoms with E-state index in [2.05, 4.69) is 25.8 Å². The van der Waals surface area contributed by atoms with Crippen molar-refractivity contribution in [3.63, 3.8) is 0 Å². The van der Waals surface area contributed by atoms with Crippen LogP contribution in [0.3, 0.4) is 0 Å². The summed E-state index contributed by atoms with van der Waals surface area (Å²) < 4.78 is 5.81. The first-order chi connectivity index (χ1) is 7.96. The third-order valence-electron chi connectivity index (χ3n) is 3.91. The van der Waals surface area contributed by atoms with E-state index in [1.807, 2.05) is 13.8 Å². The van der Waals surface area contributed by atoms with Gasteiger partial charge in [0.1, 0.15) is 5.72 Å². The predicted octanol–water partition coefficient (Wildman–Crippen LogP) is 2.19. The highest BCUT2D eigenvalue weighted by Gasteiger charge is 2.56. The van der Waals surface area contributed by atoms with Crippen LogP contribution in [-0.4, -0.2) is 41.4 Å². The fourth-order valence-corrected chi connectivity index (χ4v) is 2.69. The van der Waals surface area contributed by atoms with Crippen molar-refractivity contribution in [2.75, 3.05) is 13.7 Å². The number of aliphatic carboxylic acids is 1. The van der Waals surface area contributed by atoms with Gasteiger partial charge in [-0.15, -0.1) is 0 Å². The van der Waals surface area contributed by atoms with Gasteiger partial charge < -0.3 is 9.84 Å². The van der Waals surface area contributed by atoms with Crippen LogP contribution in [0, 0.1) is 11.8 Å². The summed E-state index contributed by atoms with van der Waals surface area (Å²) in [5.74, 6) is -0.345. The smallest absolute Gasteiger partial charge is 0.306 e. The molecule has 2 fully saturated rings.